The van der Waals surface area contributed by atoms with Crippen molar-refractivity contribution in [3.8, 4) is 22.8 Å². The summed E-state index contributed by atoms with van der Waals surface area (Å²) in [4.78, 5) is 9.48. The average molecular weight is 740 g/mol. The van der Waals surface area contributed by atoms with Crippen molar-refractivity contribution >= 4 is 40.3 Å². The Balaban J connectivity index is 1.84. The zero-order valence-electron chi connectivity index (χ0n) is 29.2. The smallest absolute Gasteiger partial charge is 0.411 e. The van der Waals surface area contributed by atoms with E-state index in [1.54, 1.807) is 42.5 Å². The first kappa shape index (κ1) is 38.6. The average Bonchev–Trinajstić information content (AvgIpc) is 3.43. The third kappa shape index (κ3) is 8.95. The van der Waals surface area contributed by atoms with Gasteiger partial charge in [-0.15, -0.1) is 0 Å². The van der Waals surface area contributed by atoms with E-state index >= 15 is 0 Å². The van der Waals surface area contributed by atoms with Crippen molar-refractivity contribution in [1.29, 1.82) is 0 Å². The van der Waals surface area contributed by atoms with Gasteiger partial charge in [-0.1, -0.05) is 46.2 Å². The van der Waals surface area contributed by atoms with E-state index in [-0.39, 0.29) is 34.2 Å². The second-order valence-electron chi connectivity index (χ2n) is 14.3. The summed E-state index contributed by atoms with van der Waals surface area (Å²) in [6, 6.07) is 12.8. The van der Waals surface area contributed by atoms with Crippen LogP contribution in [-0.2, 0) is 32.1 Å². The number of nitrogens with zero attached hydrogens (tertiary/aromatic N) is 4. The van der Waals surface area contributed by atoms with Crippen LogP contribution in [0.2, 0.25) is 18.1 Å². The molecule has 4 rings (SSSR count). The number of hydrogen-bond acceptors (Lipinski definition) is 8. The van der Waals surface area contributed by atoms with Gasteiger partial charge < -0.3 is 8.61 Å². The summed E-state index contributed by atoms with van der Waals surface area (Å²) in [5, 5.41) is 4.37. The van der Waals surface area contributed by atoms with Crippen LogP contribution >= 0.6 is 0 Å². The van der Waals surface area contributed by atoms with Gasteiger partial charge in [0.15, 0.2) is 19.9 Å². The molecule has 3 aromatic heterocycles. The highest BCUT2D eigenvalue weighted by Crippen LogP contribution is 2.38. The maximum atomic E-state index is 13.5. The summed E-state index contributed by atoms with van der Waals surface area (Å²) in [7, 11) is -9.53. The number of rotatable bonds is 12. The van der Waals surface area contributed by atoms with Crippen LogP contribution < -0.4 is 8.91 Å². The SMILES string of the molecule is CCC[C@H](N[S@](=O)C(C)(C)C)c1cccc(-c2cc(OS(=O)(=O)C(F)(F)F)c3cnn(-c4cccc(CO[Si](C)(C)C(C)(C)C)n4)c3c2)n1. The molecular formula is C33H44F3N5O5S2Si. The van der Waals surface area contributed by atoms with Gasteiger partial charge in [-0.3, -0.25) is 4.98 Å². The predicted molar refractivity (Wildman–Crippen MR) is 188 cm³/mol. The molecule has 1 N–H and O–H groups in total. The van der Waals surface area contributed by atoms with Crippen LogP contribution in [0.25, 0.3) is 28.0 Å². The van der Waals surface area contributed by atoms with Gasteiger partial charge >= 0.3 is 15.6 Å². The van der Waals surface area contributed by atoms with Crippen molar-refractivity contribution in [3.63, 3.8) is 0 Å². The van der Waals surface area contributed by atoms with Gasteiger partial charge in [-0.2, -0.15) is 26.7 Å². The molecule has 0 aliphatic heterocycles. The lowest BCUT2D eigenvalue weighted by Crippen LogP contribution is -2.40. The maximum Gasteiger partial charge on any atom is 0.534 e. The Morgan fingerprint density at radius 3 is 2.29 bits per heavy atom. The summed E-state index contributed by atoms with van der Waals surface area (Å²) >= 11 is 0. The number of benzene rings is 1. The van der Waals surface area contributed by atoms with Gasteiger partial charge in [-0.25, -0.2) is 18.6 Å². The largest absolute Gasteiger partial charge is 0.534 e. The second kappa shape index (κ2) is 14.2. The van der Waals surface area contributed by atoms with E-state index in [0.29, 0.717) is 29.3 Å². The number of nitrogens with one attached hydrogen (secondary N) is 1. The van der Waals surface area contributed by atoms with E-state index in [1.165, 1.54) is 16.9 Å². The number of hydrogen-bond donors (Lipinski definition) is 1. The van der Waals surface area contributed by atoms with E-state index in [4.69, 9.17) is 18.6 Å². The van der Waals surface area contributed by atoms with Gasteiger partial charge in [0.25, 0.3) is 0 Å². The Morgan fingerprint density at radius 2 is 1.67 bits per heavy atom. The topological polar surface area (TPSA) is 125 Å². The van der Waals surface area contributed by atoms with E-state index in [0.717, 1.165) is 6.42 Å². The van der Waals surface area contributed by atoms with Crippen LogP contribution in [0.4, 0.5) is 13.2 Å². The molecule has 0 saturated heterocycles. The molecule has 0 aliphatic rings. The Kier molecular flexibility index (Phi) is 11.2. The standard InChI is InChI=1S/C33H44F3N5O5S2Si/c1-10-13-27(40-47(42)31(2,3)4)26-16-12-15-25(39-26)22-18-28-24(29(19-22)46-48(43,44)33(34,35)36)20-37-41(28)30-17-11-14-23(38-30)21-45-49(8,9)32(5,6)7/h11-12,14-20,27,40H,10,13,21H2,1-9H3/t27-,47+/m0/s1. The maximum absolute atomic E-state index is 13.5. The van der Waals surface area contributed by atoms with Crippen LogP contribution in [0.1, 0.15) is 78.7 Å². The molecule has 0 fully saturated rings. The molecule has 10 nitrogen and oxygen atoms in total. The van der Waals surface area contributed by atoms with Crippen LogP contribution in [0.15, 0.2) is 54.7 Å². The monoisotopic (exact) mass is 739 g/mol. The highest BCUT2D eigenvalue weighted by molar-refractivity contribution is 7.88. The van der Waals surface area contributed by atoms with Gasteiger partial charge in [-0.05, 0) is 81.7 Å². The quantitative estimate of drug-likeness (QED) is 0.0878. The predicted octanol–water partition coefficient (Wildman–Crippen LogP) is 8.13. The molecule has 268 valence electrons. The molecule has 0 unspecified atom stereocenters. The molecule has 0 saturated carbocycles. The van der Waals surface area contributed by atoms with Crippen molar-refractivity contribution in [2.45, 2.75) is 102 Å². The molecule has 0 amide bonds. The van der Waals surface area contributed by atoms with Crippen molar-refractivity contribution in [3.05, 3.63) is 66.1 Å². The van der Waals surface area contributed by atoms with Crippen molar-refractivity contribution in [2.24, 2.45) is 0 Å². The molecule has 49 heavy (non-hydrogen) atoms. The minimum absolute atomic E-state index is 0.0172. The van der Waals surface area contributed by atoms with Crippen LogP contribution in [0.3, 0.4) is 0 Å². The first-order valence-electron chi connectivity index (χ1n) is 15.8. The van der Waals surface area contributed by atoms with Crippen molar-refractivity contribution in [2.75, 3.05) is 0 Å². The van der Waals surface area contributed by atoms with E-state index in [2.05, 4.69) is 43.7 Å². The summed E-state index contributed by atoms with van der Waals surface area (Å²) < 4.78 is 92.9. The Bertz CT molecular complexity index is 1940. The van der Waals surface area contributed by atoms with E-state index in [1.807, 2.05) is 27.7 Å². The number of alkyl halides is 3. The lowest BCUT2D eigenvalue weighted by Gasteiger charge is -2.36. The molecule has 4 aromatic rings. The first-order chi connectivity index (χ1) is 22.5. The van der Waals surface area contributed by atoms with Gasteiger partial charge in [0.1, 0.15) is 0 Å². The Labute approximate surface area is 289 Å². The van der Waals surface area contributed by atoms with Crippen LogP contribution in [0, 0.1) is 0 Å². The Hall–Kier alpha value is -3.18. The highest BCUT2D eigenvalue weighted by atomic mass is 32.2. The number of aromatic nitrogens is 4. The normalized spacial score (nSPS) is 14.6. The second-order valence-corrected chi connectivity index (χ2v) is 22.6. The summed E-state index contributed by atoms with van der Waals surface area (Å²) in [6.07, 6.45) is 2.60. The van der Waals surface area contributed by atoms with Crippen LogP contribution in [0.5, 0.6) is 5.75 Å². The van der Waals surface area contributed by atoms with Gasteiger partial charge in [0.05, 0.1) is 62.6 Å². The zero-order chi connectivity index (χ0) is 36.6. The summed E-state index contributed by atoms with van der Waals surface area (Å²) in [5.74, 6) is -0.232. The van der Waals surface area contributed by atoms with Crippen molar-refractivity contribution in [1.82, 2.24) is 24.5 Å². The van der Waals surface area contributed by atoms with Crippen molar-refractivity contribution < 1.29 is 34.4 Å². The lowest BCUT2D eigenvalue weighted by atomic mass is 10.1. The number of halogens is 3. The molecule has 0 radical (unpaired) electrons. The molecule has 0 bridgehead atoms. The molecule has 1 aromatic carbocycles. The summed E-state index contributed by atoms with van der Waals surface area (Å²) in [5.41, 5.74) is -3.64. The zero-order valence-corrected chi connectivity index (χ0v) is 31.8. The third-order valence-electron chi connectivity index (χ3n) is 8.34. The molecule has 0 aliphatic carbocycles. The molecular weight excluding hydrogens is 696 g/mol. The number of fused-ring (bicyclic) bond motifs is 1. The fraction of sp³-hybridized carbons (Fsp3) is 0.485. The number of pyridine rings is 2. The highest BCUT2D eigenvalue weighted by Gasteiger charge is 2.49. The first-order valence-corrected chi connectivity index (χ1v) is 21.3. The molecule has 16 heteroatoms. The minimum Gasteiger partial charge on any atom is -0.411 e. The van der Waals surface area contributed by atoms with E-state index < -0.39 is 45.4 Å². The van der Waals surface area contributed by atoms with Crippen LogP contribution in [-0.4, -0.2) is 50.9 Å². The van der Waals surface area contributed by atoms with Gasteiger partial charge in [0.2, 0.25) is 0 Å². The molecule has 3 heterocycles. The Morgan fingerprint density at radius 1 is 1.00 bits per heavy atom. The fourth-order valence-corrected chi connectivity index (χ4v) is 6.72. The lowest BCUT2D eigenvalue weighted by molar-refractivity contribution is -0.0499. The minimum atomic E-state index is -6.02. The molecule has 2 atom stereocenters. The molecule has 0 spiro atoms. The van der Waals surface area contributed by atoms with Gasteiger partial charge in [0, 0.05) is 5.56 Å². The fourth-order valence-electron chi connectivity index (χ4n) is 4.46. The van der Waals surface area contributed by atoms with E-state index in [9.17, 15) is 25.8 Å². The summed E-state index contributed by atoms with van der Waals surface area (Å²) in [6.45, 7) is 18.4. The third-order valence-corrected chi connectivity index (χ3v) is 15.4.